The number of amides is 1. The summed E-state index contributed by atoms with van der Waals surface area (Å²) >= 11 is 0. The summed E-state index contributed by atoms with van der Waals surface area (Å²) in [5, 5.41) is 6.91. The van der Waals surface area contributed by atoms with Crippen molar-refractivity contribution in [1.82, 2.24) is 20.4 Å². The largest absolute Gasteiger partial charge is 0.493 e. The van der Waals surface area contributed by atoms with Crippen molar-refractivity contribution in [3.8, 4) is 23.0 Å². The van der Waals surface area contributed by atoms with Crippen LogP contribution in [0, 0.1) is 6.92 Å². The van der Waals surface area contributed by atoms with Gasteiger partial charge in [0, 0.05) is 19.0 Å². The first-order valence-corrected chi connectivity index (χ1v) is 9.27. The summed E-state index contributed by atoms with van der Waals surface area (Å²) in [6.07, 6.45) is 2.25. The number of nitrogens with one attached hydrogen (secondary N) is 1. The molecule has 152 valence electrons. The molecule has 1 aromatic carbocycles. The van der Waals surface area contributed by atoms with Crippen LogP contribution in [0.15, 0.2) is 41.1 Å². The summed E-state index contributed by atoms with van der Waals surface area (Å²) < 4.78 is 15.9. The summed E-state index contributed by atoms with van der Waals surface area (Å²) in [7, 11) is 3.18. The van der Waals surface area contributed by atoms with E-state index < -0.39 is 0 Å². The van der Waals surface area contributed by atoms with Gasteiger partial charge in [0.15, 0.2) is 11.5 Å². The standard InChI is InChI=1S/C21H24N4O4/c1-13-11-17(27-3)18(28-4)12-15(13)14(2)23-19(26)8-9-20-24-21(25-29-20)16-7-5-6-10-22-16/h5-7,10-12,14H,8-9H2,1-4H3,(H,23,26). The van der Waals surface area contributed by atoms with Gasteiger partial charge in [0.05, 0.1) is 20.3 Å². The van der Waals surface area contributed by atoms with E-state index in [1.807, 2.05) is 38.1 Å². The number of ether oxygens (including phenoxy) is 2. The van der Waals surface area contributed by atoms with Crippen LogP contribution < -0.4 is 14.8 Å². The highest BCUT2D eigenvalue weighted by molar-refractivity contribution is 5.76. The average Bonchev–Trinajstić information content (AvgIpc) is 3.21. The predicted octanol–water partition coefficient (Wildman–Crippen LogP) is 3.27. The molecular formula is C21H24N4O4. The first-order valence-electron chi connectivity index (χ1n) is 9.27. The van der Waals surface area contributed by atoms with Crippen LogP contribution in [-0.2, 0) is 11.2 Å². The summed E-state index contributed by atoms with van der Waals surface area (Å²) in [5.74, 6) is 1.99. The minimum atomic E-state index is -0.186. The van der Waals surface area contributed by atoms with Crippen molar-refractivity contribution in [2.45, 2.75) is 32.7 Å². The second-order valence-corrected chi connectivity index (χ2v) is 6.58. The third kappa shape index (κ3) is 4.90. The molecule has 2 heterocycles. The molecule has 0 spiro atoms. The monoisotopic (exact) mass is 396 g/mol. The molecule has 29 heavy (non-hydrogen) atoms. The lowest BCUT2D eigenvalue weighted by Crippen LogP contribution is -2.27. The average molecular weight is 396 g/mol. The van der Waals surface area contributed by atoms with Crippen LogP contribution in [0.4, 0.5) is 0 Å². The van der Waals surface area contributed by atoms with E-state index in [9.17, 15) is 4.79 Å². The van der Waals surface area contributed by atoms with Gasteiger partial charge in [-0.15, -0.1) is 0 Å². The molecule has 1 atom stereocenters. The zero-order valence-electron chi connectivity index (χ0n) is 16.9. The Hall–Kier alpha value is -3.42. The van der Waals surface area contributed by atoms with Crippen molar-refractivity contribution in [2.75, 3.05) is 14.2 Å². The molecule has 3 aromatic rings. The molecule has 0 saturated heterocycles. The van der Waals surface area contributed by atoms with Crippen molar-refractivity contribution < 1.29 is 18.8 Å². The predicted molar refractivity (Wildman–Crippen MR) is 107 cm³/mol. The Kier molecular flexibility index (Phi) is 6.43. The summed E-state index contributed by atoms with van der Waals surface area (Å²) in [6, 6.07) is 9.06. The van der Waals surface area contributed by atoms with Gasteiger partial charge in [0.1, 0.15) is 5.69 Å². The fraction of sp³-hybridized carbons (Fsp3) is 0.333. The summed E-state index contributed by atoms with van der Waals surface area (Å²) in [4.78, 5) is 20.9. The Bertz CT molecular complexity index is 972. The highest BCUT2D eigenvalue weighted by Crippen LogP contribution is 2.32. The number of methoxy groups -OCH3 is 2. The van der Waals surface area contributed by atoms with Crippen LogP contribution in [0.2, 0.25) is 0 Å². The van der Waals surface area contributed by atoms with E-state index in [-0.39, 0.29) is 18.4 Å². The van der Waals surface area contributed by atoms with Crippen LogP contribution >= 0.6 is 0 Å². The first kappa shape index (κ1) is 20.3. The molecule has 0 fully saturated rings. The molecule has 1 amide bonds. The van der Waals surface area contributed by atoms with E-state index >= 15 is 0 Å². The third-order valence-electron chi connectivity index (χ3n) is 4.54. The number of benzene rings is 1. The number of hydrogen-bond donors (Lipinski definition) is 1. The van der Waals surface area contributed by atoms with Crippen LogP contribution in [-0.4, -0.2) is 35.3 Å². The van der Waals surface area contributed by atoms with Crippen LogP contribution in [0.1, 0.15) is 36.4 Å². The number of rotatable bonds is 8. The molecule has 1 unspecified atom stereocenters. The normalized spacial score (nSPS) is 11.7. The zero-order chi connectivity index (χ0) is 20.8. The third-order valence-corrected chi connectivity index (χ3v) is 4.54. The van der Waals surface area contributed by atoms with Crippen LogP contribution in [0.5, 0.6) is 11.5 Å². The molecule has 0 aliphatic heterocycles. The fourth-order valence-corrected chi connectivity index (χ4v) is 3.03. The van der Waals surface area contributed by atoms with E-state index in [0.29, 0.717) is 35.3 Å². The van der Waals surface area contributed by atoms with Crippen molar-refractivity contribution in [2.24, 2.45) is 0 Å². The van der Waals surface area contributed by atoms with E-state index in [1.54, 1.807) is 26.5 Å². The van der Waals surface area contributed by atoms with Gasteiger partial charge >= 0.3 is 0 Å². The fourth-order valence-electron chi connectivity index (χ4n) is 3.03. The second kappa shape index (κ2) is 9.18. The Morgan fingerprint density at radius 1 is 1.21 bits per heavy atom. The lowest BCUT2D eigenvalue weighted by atomic mass is 10.0. The molecule has 0 radical (unpaired) electrons. The molecule has 0 saturated carbocycles. The van der Waals surface area contributed by atoms with E-state index in [1.165, 1.54) is 0 Å². The molecule has 8 heteroatoms. The smallest absolute Gasteiger partial charge is 0.227 e. The Morgan fingerprint density at radius 3 is 2.66 bits per heavy atom. The lowest BCUT2D eigenvalue weighted by molar-refractivity contribution is -0.121. The number of pyridine rings is 1. The van der Waals surface area contributed by atoms with Gasteiger partial charge in [0.25, 0.3) is 0 Å². The van der Waals surface area contributed by atoms with Crippen molar-refractivity contribution in [1.29, 1.82) is 0 Å². The number of hydrogen-bond acceptors (Lipinski definition) is 7. The number of carbonyl (C=O) groups is 1. The molecule has 0 aliphatic carbocycles. The van der Waals surface area contributed by atoms with Gasteiger partial charge in [-0.25, -0.2) is 0 Å². The maximum atomic E-state index is 12.4. The van der Waals surface area contributed by atoms with Crippen LogP contribution in [0.25, 0.3) is 11.5 Å². The van der Waals surface area contributed by atoms with Crippen molar-refractivity contribution >= 4 is 5.91 Å². The maximum absolute atomic E-state index is 12.4. The minimum absolute atomic E-state index is 0.107. The minimum Gasteiger partial charge on any atom is -0.493 e. The van der Waals surface area contributed by atoms with Crippen molar-refractivity contribution in [3.05, 3.63) is 53.5 Å². The molecule has 1 N–H and O–H groups in total. The van der Waals surface area contributed by atoms with E-state index in [0.717, 1.165) is 11.1 Å². The van der Waals surface area contributed by atoms with Gasteiger partial charge in [-0.2, -0.15) is 4.98 Å². The Labute approximate surface area is 169 Å². The second-order valence-electron chi connectivity index (χ2n) is 6.58. The summed E-state index contributed by atoms with van der Waals surface area (Å²) in [6.45, 7) is 3.90. The topological polar surface area (TPSA) is 99.4 Å². The Balaban J connectivity index is 1.59. The molecule has 0 aliphatic rings. The molecule has 0 bridgehead atoms. The highest BCUT2D eigenvalue weighted by atomic mass is 16.5. The van der Waals surface area contributed by atoms with Gasteiger partial charge in [-0.3, -0.25) is 9.78 Å². The number of aryl methyl sites for hydroxylation is 2. The zero-order valence-corrected chi connectivity index (χ0v) is 16.9. The maximum Gasteiger partial charge on any atom is 0.227 e. The first-order chi connectivity index (χ1) is 14.0. The quantitative estimate of drug-likeness (QED) is 0.624. The molecular weight excluding hydrogens is 372 g/mol. The molecule has 8 nitrogen and oxygen atoms in total. The van der Waals surface area contributed by atoms with Gasteiger partial charge in [0.2, 0.25) is 17.6 Å². The molecule has 3 rings (SSSR count). The van der Waals surface area contributed by atoms with Crippen molar-refractivity contribution in [3.63, 3.8) is 0 Å². The molecule has 2 aromatic heterocycles. The Morgan fingerprint density at radius 2 is 1.97 bits per heavy atom. The van der Waals surface area contributed by atoms with E-state index in [2.05, 4.69) is 20.4 Å². The number of nitrogens with zero attached hydrogens (tertiary/aromatic N) is 3. The SMILES string of the molecule is COc1cc(C)c(C(C)NC(=O)CCc2nc(-c3ccccn3)no2)cc1OC. The number of carbonyl (C=O) groups excluding carboxylic acids is 1. The lowest BCUT2D eigenvalue weighted by Gasteiger charge is -2.19. The van der Waals surface area contributed by atoms with Crippen LogP contribution in [0.3, 0.4) is 0 Å². The van der Waals surface area contributed by atoms with Gasteiger partial charge in [-0.05, 0) is 49.2 Å². The van der Waals surface area contributed by atoms with Gasteiger partial charge in [-0.1, -0.05) is 11.2 Å². The van der Waals surface area contributed by atoms with E-state index in [4.69, 9.17) is 14.0 Å². The highest BCUT2D eigenvalue weighted by Gasteiger charge is 2.17. The summed E-state index contributed by atoms with van der Waals surface area (Å²) in [5.41, 5.74) is 2.60. The van der Waals surface area contributed by atoms with Gasteiger partial charge < -0.3 is 19.3 Å². The number of aromatic nitrogens is 3.